The minimum Gasteiger partial charge on any atom is -0.488 e. The van der Waals surface area contributed by atoms with Crippen LogP contribution in [0.1, 0.15) is 27.0 Å². The number of hydrogen-bond donors (Lipinski definition) is 1. The van der Waals surface area contributed by atoms with E-state index in [0.717, 1.165) is 16.8 Å². The predicted molar refractivity (Wildman–Crippen MR) is 101 cm³/mol. The van der Waals surface area contributed by atoms with Gasteiger partial charge in [-0.3, -0.25) is 4.79 Å². The first-order valence-electron chi connectivity index (χ1n) is 8.38. The molecule has 3 aromatic carbocycles. The molecule has 1 amide bonds. The molecule has 3 aromatic rings. The van der Waals surface area contributed by atoms with Gasteiger partial charge in [-0.2, -0.15) is 0 Å². The monoisotopic (exact) mass is 349 g/mol. The number of para-hydroxylation sites is 1. The number of carbonyl (C=O) groups is 1. The molecule has 1 N–H and O–H groups in total. The molecule has 26 heavy (non-hydrogen) atoms. The third kappa shape index (κ3) is 4.28. The quantitative estimate of drug-likeness (QED) is 0.681. The molecule has 0 spiro atoms. The zero-order valence-electron chi connectivity index (χ0n) is 14.8. The third-order valence-corrected chi connectivity index (χ3v) is 3.95. The van der Waals surface area contributed by atoms with E-state index in [1.807, 2.05) is 32.0 Å². The van der Waals surface area contributed by atoms with Crippen molar-refractivity contribution in [2.75, 3.05) is 5.32 Å². The lowest BCUT2D eigenvalue weighted by atomic mass is 10.1. The van der Waals surface area contributed by atoms with Crippen LogP contribution in [0.25, 0.3) is 0 Å². The van der Waals surface area contributed by atoms with Crippen LogP contribution >= 0.6 is 0 Å². The van der Waals surface area contributed by atoms with Crippen molar-refractivity contribution in [3.8, 4) is 5.75 Å². The van der Waals surface area contributed by atoms with Gasteiger partial charge in [-0.25, -0.2) is 4.39 Å². The van der Waals surface area contributed by atoms with E-state index in [9.17, 15) is 9.18 Å². The highest BCUT2D eigenvalue weighted by Crippen LogP contribution is 2.22. The Morgan fingerprint density at radius 2 is 1.62 bits per heavy atom. The van der Waals surface area contributed by atoms with E-state index in [2.05, 4.69) is 5.32 Å². The first-order valence-corrected chi connectivity index (χ1v) is 8.38. The van der Waals surface area contributed by atoms with Gasteiger partial charge in [0.05, 0.1) is 5.56 Å². The van der Waals surface area contributed by atoms with Crippen LogP contribution in [0.3, 0.4) is 0 Å². The second-order valence-electron chi connectivity index (χ2n) is 6.21. The Hall–Kier alpha value is -3.14. The summed E-state index contributed by atoms with van der Waals surface area (Å²) in [5.74, 6) is -0.179. The van der Waals surface area contributed by atoms with Crippen LogP contribution in [0.5, 0.6) is 5.75 Å². The zero-order chi connectivity index (χ0) is 18.5. The van der Waals surface area contributed by atoms with Crippen molar-refractivity contribution in [1.29, 1.82) is 0 Å². The van der Waals surface area contributed by atoms with E-state index >= 15 is 0 Å². The molecule has 0 atom stereocenters. The van der Waals surface area contributed by atoms with E-state index < -0.39 is 0 Å². The van der Waals surface area contributed by atoms with Gasteiger partial charge in [0.15, 0.2) is 0 Å². The number of benzene rings is 3. The van der Waals surface area contributed by atoms with Gasteiger partial charge in [-0.15, -0.1) is 0 Å². The molecule has 0 bridgehead atoms. The maximum atomic E-state index is 13.8. The van der Waals surface area contributed by atoms with Gasteiger partial charge in [-0.1, -0.05) is 36.4 Å². The van der Waals surface area contributed by atoms with Gasteiger partial charge < -0.3 is 10.1 Å². The summed E-state index contributed by atoms with van der Waals surface area (Å²) >= 11 is 0. The van der Waals surface area contributed by atoms with Crippen molar-refractivity contribution in [3.63, 3.8) is 0 Å². The fourth-order valence-corrected chi connectivity index (χ4v) is 2.80. The number of amides is 1. The lowest BCUT2D eigenvalue weighted by molar-refractivity contribution is 0.102. The maximum Gasteiger partial charge on any atom is 0.259 e. The number of ether oxygens (including phenoxy) is 1. The van der Waals surface area contributed by atoms with Crippen molar-refractivity contribution < 1.29 is 13.9 Å². The molecule has 132 valence electrons. The fraction of sp³-hybridized carbons (Fsp3) is 0.136. The Morgan fingerprint density at radius 3 is 2.35 bits per heavy atom. The van der Waals surface area contributed by atoms with Crippen LogP contribution in [0.4, 0.5) is 10.1 Å². The second kappa shape index (κ2) is 7.83. The first-order chi connectivity index (χ1) is 12.5. The normalized spacial score (nSPS) is 10.4. The topological polar surface area (TPSA) is 38.3 Å². The summed E-state index contributed by atoms with van der Waals surface area (Å²) in [5.41, 5.74) is 3.73. The Morgan fingerprint density at radius 1 is 0.962 bits per heavy atom. The molecule has 0 aliphatic rings. The van der Waals surface area contributed by atoms with Gasteiger partial charge in [0, 0.05) is 11.3 Å². The van der Waals surface area contributed by atoms with Crippen molar-refractivity contribution in [3.05, 3.63) is 94.8 Å². The first kappa shape index (κ1) is 17.7. The highest BCUT2D eigenvalue weighted by Gasteiger charge is 2.13. The molecule has 0 aromatic heterocycles. The SMILES string of the molecule is Cc1cc(C)cc(NC(=O)c2ccccc2OCc2ccccc2F)c1. The van der Waals surface area contributed by atoms with Gasteiger partial charge >= 0.3 is 0 Å². The van der Waals surface area contributed by atoms with E-state index in [1.54, 1.807) is 42.5 Å². The molecule has 0 aliphatic heterocycles. The molecular weight excluding hydrogens is 329 g/mol. The van der Waals surface area contributed by atoms with E-state index in [-0.39, 0.29) is 18.3 Å². The number of rotatable bonds is 5. The summed E-state index contributed by atoms with van der Waals surface area (Å²) in [4.78, 5) is 12.7. The number of aryl methyl sites for hydroxylation is 2. The Kier molecular flexibility index (Phi) is 5.32. The van der Waals surface area contributed by atoms with E-state index in [4.69, 9.17) is 4.74 Å². The van der Waals surface area contributed by atoms with Crippen LogP contribution in [0, 0.1) is 19.7 Å². The summed E-state index contributed by atoms with van der Waals surface area (Å²) in [6.07, 6.45) is 0. The van der Waals surface area contributed by atoms with E-state index in [1.165, 1.54) is 6.07 Å². The second-order valence-corrected chi connectivity index (χ2v) is 6.21. The average Bonchev–Trinajstić information content (AvgIpc) is 2.60. The van der Waals surface area contributed by atoms with E-state index in [0.29, 0.717) is 16.9 Å². The highest BCUT2D eigenvalue weighted by atomic mass is 19.1. The van der Waals surface area contributed by atoms with Crippen LogP contribution in [0.2, 0.25) is 0 Å². The Bertz CT molecular complexity index is 917. The van der Waals surface area contributed by atoms with Crippen LogP contribution in [0.15, 0.2) is 66.7 Å². The molecule has 3 rings (SSSR count). The van der Waals surface area contributed by atoms with Crippen LogP contribution in [-0.2, 0) is 6.61 Å². The van der Waals surface area contributed by atoms with Crippen LogP contribution < -0.4 is 10.1 Å². The largest absolute Gasteiger partial charge is 0.488 e. The summed E-state index contributed by atoms with van der Waals surface area (Å²) in [6.45, 7) is 4.02. The van der Waals surface area contributed by atoms with Crippen molar-refractivity contribution in [1.82, 2.24) is 0 Å². The summed E-state index contributed by atoms with van der Waals surface area (Å²) in [7, 11) is 0. The molecule has 0 saturated heterocycles. The molecule has 0 radical (unpaired) electrons. The smallest absolute Gasteiger partial charge is 0.259 e. The molecule has 0 saturated carbocycles. The minimum absolute atomic E-state index is 0.0561. The molecular formula is C22H20FNO2. The Labute approximate surface area is 152 Å². The maximum absolute atomic E-state index is 13.8. The zero-order valence-corrected chi connectivity index (χ0v) is 14.8. The molecule has 0 unspecified atom stereocenters. The van der Waals surface area contributed by atoms with Crippen molar-refractivity contribution in [2.45, 2.75) is 20.5 Å². The number of carbonyl (C=O) groups excluding carboxylic acids is 1. The minimum atomic E-state index is -0.329. The van der Waals surface area contributed by atoms with Crippen LogP contribution in [-0.4, -0.2) is 5.91 Å². The standard InChI is InChI=1S/C22H20FNO2/c1-15-11-16(2)13-18(12-15)24-22(25)19-8-4-6-10-21(19)26-14-17-7-3-5-9-20(17)23/h3-13H,14H2,1-2H3,(H,24,25). The number of nitrogens with one attached hydrogen (secondary N) is 1. The highest BCUT2D eigenvalue weighted by molar-refractivity contribution is 6.06. The van der Waals surface area contributed by atoms with Crippen molar-refractivity contribution in [2.24, 2.45) is 0 Å². The predicted octanol–water partition coefficient (Wildman–Crippen LogP) is 5.27. The number of anilines is 1. The van der Waals surface area contributed by atoms with Gasteiger partial charge in [-0.05, 0) is 55.3 Å². The van der Waals surface area contributed by atoms with Crippen molar-refractivity contribution >= 4 is 11.6 Å². The molecule has 4 heteroatoms. The summed E-state index contributed by atoms with van der Waals surface area (Å²) < 4.78 is 19.5. The lowest BCUT2D eigenvalue weighted by Gasteiger charge is -2.13. The Balaban J connectivity index is 1.78. The molecule has 3 nitrogen and oxygen atoms in total. The fourth-order valence-electron chi connectivity index (χ4n) is 2.80. The van der Waals surface area contributed by atoms with Gasteiger partial charge in [0.1, 0.15) is 18.2 Å². The van der Waals surface area contributed by atoms with Gasteiger partial charge in [0.25, 0.3) is 5.91 Å². The molecule has 0 aliphatic carbocycles. The molecule has 0 heterocycles. The average molecular weight is 349 g/mol. The summed E-state index contributed by atoms with van der Waals surface area (Å²) in [5, 5.41) is 2.90. The van der Waals surface area contributed by atoms with Gasteiger partial charge in [0.2, 0.25) is 0 Å². The number of halogens is 1. The number of hydrogen-bond acceptors (Lipinski definition) is 2. The molecule has 0 fully saturated rings. The summed E-state index contributed by atoms with van der Waals surface area (Å²) in [6, 6.07) is 19.2. The third-order valence-electron chi connectivity index (χ3n) is 3.95. The lowest BCUT2D eigenvalue weighted by Crippen LogP contribution is -2.14.